The number of fused-ring (bicyclic) bond motifs is 5. The van der Waals surface area contributed by atoms with Crippen LogP contribution in [0.1, 0.15) is 5.69 Å². The molecule has 0 atom stereocenters. The van der Waals surface area contributed by atoms with Crippen molar-refractivity contribution in [1.82, 2.24) is 25.5 Å². The summed E-state index contributed by atoms with van der Waals surface area (Å²) in [6.07, 6.45) is 0. The normalized spacial score (nSPS) is 14.6. The van der Waals surface area contributed by atoms with E-state index >= 15 is 0 Å². The maximum absolute atomic E-state index is 13.4. The third-order valence-corrected chi connectivity index (χ3v) is 6.26. The van der Waals surface area contributed by atoms with Crippen LogP contribution < -0.4 is 15.8 Å². The Morgan fingerprint density at radius 3 is 2.56 bits per heavy atom. The SMILES string of the molecule is Cc1n[nH]c2nc(-c3ccc(O)cc3)c3c(=O)[nH]c4cc(N5CCNCC5)ccc4c3c12. The summed E-state index contributed by atoms with van der Waals surface area (Å²) < 4.78 is 0. The molecule has 1 aliphatic rings. The molecule has 32 heavy (non-hydrogen) atoms. The van der Waals surface area contributed by atoms with Gasteiger partial charge in [0.25, 0.3) is 5.56 Å². The molecule has 5 aromatic rings. The Morgan fingerprint density at radius 1 is 1.00 bits per heavy atom. The lowest BCUT2D eigenvalue weighted by Gasteiger charge is -2.29. The van der Waals surface area contributed by atoms with Crippen molar-refractivity contribution in [3.8, 4) is 17.0 Å². The molecule has 4 N–H and O–H groups in total. The van der Waals surface area contributed by atoms with Crippen LogP contribution in [0.2, 0.25) is 0 Å². The second kappa shape index (κ2) is 7.06. The van der Waals surface area contributed by atoms with Gasteiger partial charge < -0.3 is 20.3 Å². The summed E-state index contributed by atoms with van der Waals surface area (Å²) in [5, 5.41) is 23.6. The lowest BCUT2D eigenvalue weighted by molar-refractivity contribution is 0.475. The molecule has 0 amide bonds. The predicted octanol–water partition coefficient (Wildman–Crippen LogP) is 3.04. The third-order valence-electron chi connectivity index (χ3n) is 6.26. The summed E-state index contributed by atoms with van der Waals surface area (Å²) in [6.45, 7) is 5.68. The minimum atomic E-state index is -0.192. The summed E-state index contributed by atoms with van der Waals surface area (Å²) in [6, 6.07) is 13.0. The number of aromatic nitrogens is 4. The van der Waals surface area contributed by atoms with Gasteiger partial charge in [0.1, 0.15) is 5.75 Å². The molecule has 0 bridgehead atoms. The summed E-state index contributed by atoms with van der Waals surface area (Å²) in [4.78, 5) is 23.6. The molecule has 160 valence electrons. The summed E-state index contributed by atoms with van der Waals surface area (Å²) in [5.41, 5.74) is 4.45. The highest BCUT2D eigenvalue weighted by molar-refractivity contribution is 6.21. The van der Waals surface area contributed by atoms with E-state index in [0.717, 1.165) is 64.8 Å². The molecule has 2 aromatic carbocycles. The van der Waals surface area contributed by atoms with Crippen LogP contribution in [-0.2, 0) is 0 Å². The van der Waals surface area contributed by atoms with Crippen LogP contribution in [0, 0.1) is 6.92 Å². The summed E-state index contributed by atoms with van der Waals surface area (Å²) in [5.74, 6) is 0.163. The molecule has 3 aromatic heterocycles. The van der Waals surface area contributed by atoms with Crippen molar-refractivity contribution in [2.24, 2.45) is 0 Å². The lowest BCUT2D eigenvalue weighted by atomic mass is 9.98. The molecule has 0 radical (unpaired) electrons. The van der Waals surface area contributed by atoms with E-state index in [1.807, 2.05) is 6.92 Å². The fourth-order valence-corrected chi connectivity index (χ4v) is 4.69. The summed E-state index contributed by atoms with van der Waals surface area (Å²) >= 11 is 0. The average molecular weight is 426 g/mol. The Morgan fingerprint density at radius 2 is 1.78 bits per heavy atom. The Labute approximate surface area is 182 Å². The van der Waals surface area contributed by atoms with Crippen molar-refractivity contribution in [3.63, 3.8) is 0 Å². The van der Waals surface area contributed by atoms with Gasteiger partial charge in [0.15, 0.2) is 5.65 Å². The van der Waals surface area contributed by atoms with Crippen LogP contribution in [0.15, 0.2) is 47.3 Å². The fourth-order valence-electron chi connectivity index (χ4n) is 4.69. The van der Waals surface area contributed by atoms with Gasteiger partial charge in [-0.05, 0) is 43.3 Å². The fraction of sp³-hybridized carbons (Fsp3) is 0.208. The number of nitrogens with one attached hydrogen (secondary N) is 3. The lowest BCUT2D eigenvalue weighted by Crippen LogP contribution is -2.43. The van der Waals surface area contributed by atoms with Gasteiger partial charge in [0.2, 0.25) is 0 Å². The zero-order valence-corrected chi connectivity index (χ0v) is 17.6. The van der Waals surface area contributed by atoms with Crippen LogP contribution in [0.25, 0.3) is 44.0 Å². The average Bonchev–Trinajstić information content (AvgIpc) is 3.19. The maximum Gasteiger partial charge on any atom is 0.258 e. The van der Waals surface area contributed by atoms with E-state index in [2.05, 4.69) is 43.6 Å². The number of rotatable bonds is 2. The predicted molar refractivity (Wildman–Crippen MR) is 126 cm³/mol. The molecule has 0 spiro atoms. The first kappa shape index (κ1) is 18.8. The Hall–Kier alpha value is -3.91. The number of pyridine rings is 2. The molecule has 6 rings (SSSR count). The smallest absolute Gasteiger partial charge is 0.258 e. The van der Waals surface area contributed by atoms with Crippen molar-refractivity contribution in [3.05, 3.63) is 58.5 Å². The number of phenols is 1. The van der Waals surface area contributed by atoms with Crippen molar-refractivity contribution < 1.29 is 5.11 Å². The van der Waals surface area contributed by atoms with Crippen LogP contribution in [0.4, 0.5) is 5.69 Å². The van der Waals surface area contributed by atoms with E-state index in [-0.39, 0.29) is 11.3 Å². The Balaban J connectivity index is 1.70. The number of phenolic OH excluding ortho intramolecular Hbond substituents is 1. The van der Waals surface area contributed by atoms with Crippen molar-refractivity contribution >= 4 is 38.4 Å². The molecule has 0 saturated carbocycles. The van der Waals surface area contributed by atoms with Crippen LogP contribution in [-0.4, -0.2) is 51.5 Å². The van der Waals surface area contributed by atoms with Gasteiger partial charge >= 0.3 is 0 Å². The first-order valence-corrected chi connectivity index (χ1v) is 10.7. The standard InChI is InChI=1S/C24H22N6O2/c1-13-19-20-17-7-4-15(30-10-8-25-9-11-30)12-18(17)26-24(32)21(20)22(27-23(19)29-28-13)14-2-5-16(31)6-3-14/h2-7,12,25,31H,8-11H2,1H3,(H,26,32)(H,27,28,29). The zero-order valence-electron chi connectivity index (χ0n) is 17.6. The van der Waals surface area contributed by atoms with Crippen LogP contribution in [0.3, 0.4) is 0 Å². The van der Waals surface area contributed by atoms with E-state index in [1.54, 1.807) is 24.3 Å². The molecule has 1 aliphatic heterocycles. The molecule has 0 aliphatic carbocycles. The van der Waals surface area contributed by atoms with Crippen LogP contribution in [0.5, 0.6) is 5.75 Å². The number of piperazine rings is 1. The number of nitrogens with zero attached hydrogens (tertiary/aromatic N) is 3. The largest absolute Gasteiger partial charge is 0.508 e. The highest BCUT2D eigenvalue weighted by Crippen LogP contribution is 2.36. The van der Waals surface area contributed by atoms with E-state index in [4.69, 9.17) is 4.98 Å². The molecule has 1 fully saturated rings. The minimum absolute atomic E-state index is 0.163. The van der Waals surface area contributed by atoms with E-state index < -0.39 is 0 Å². The topological polar surface area (TPSA) is 110 Å². The highest BCUT2D eigenvalue weighted by Gasteiger charge is 2.20. The zero-order chi connectivity index (χ0) is 21.8. The second-order valence-electron chi connectivity index (χ2n) is 8.21. The van der Waals surface area contributed by atoms with E-state index in [0.29, 0.717) is 16.7 Å². The minimum Gasteiger partial charge on any atom is -0.508 e. The molecule has 0 unspecified atom stereocenters. The number of aromatic amines is 2. The van der Waals surface area contributed by atoms with Crippen LogP contribution >= 0.6 is 0 Å². The van der Waals surface area contributed by atoms with Crippen molar-refractivity contribution in [2.45, 2.75) is 6.92 Å². The highest BCUT2D eigenvalue weighted by atomic mass is 16.3. The van der Waals surface area contributed by atoms with Gasteiger partial charge in [-0.25, -0.2) is 4.98 Å². The first-order chi connectivity index (χ1) is 15.6. The molecule has 8 heteroatoms. The number of aryl methyl sites for hydroxylation is 1. The van der Waals surface area contributed by atoms with Gasteiger partial charge in [0.05, 0.1) is 27.7 Å². The van der Waals surface area contributed by atoms with Gasteiger partial charge in [-0.1, -0.05) is 6.07 Å². The quantitative estimate of drug-likeness (QED) is 0.323. The molecular weight excluding hydrogens is 404 g/mol. The monoisotopic (exact) mass is 426 g/mol. The number of aromatic hydroxyl groups is 1. The molecule has 1 saturated heterocycles. The maximum atomic E-state index is 13.4. The van der Waals surface area contributed by atoms with Crippen molar-refractivity contribution in [2.75, 3.05) is 31.1 Å². The van der Waals surface area contributed by atoms with Gasteiger partial charge in [-0.3, -0.25) is 9.89 Å². The third kappa shape index (κ3) is 2.84. The molecule has 8 nitrogen and oxygen atoms in total. The van der Waals surface area contributed by atoms with Crippen molar-refractivity contribution in [1.29, 1.82) is 0 Å². The summed E-state index contributed by atoms with van der Waals surface area (Å²) in [7, 11) is 0. The molecule has 4 heterocycles. The Bertz CT molecular complexity index is 1550. The van der Waals surface area contributed by atoms with Gasteiger partial charge in [0, 0.05) is 48.2 Å². The van der Waals surface area contributed by atoms with Gasteiger partial charge in [-0.15, -0.1) is 0 Å². The van der Waals surface area contributed by atoms with E-state index in [1.165, 1.54) is 0 Å². The number of benzene rings is 2. The number of hydrogen-bond acceptors (Lipinski definition) is 6. The Kier molecular flexibility index (Phi) is 4.16. The van der Waals surface area contributed by atoms with Gasteiger partial charge in [-0.2, -0.15) is 5.10 Å². The number of hydrogen-bond donors (Lipinski definition) is 4. The van der Waals surface area contributed by atoms with E-state index in [9.17, 15) is 9.90 Å². The number of H-pyrrole nitrogens is 2. The second-order valence-corrected chi connectivity index (χ2v) is 8.21. The first-order valence-electron chi connectivity index (χ1n) is 10.7. The number of anilines is 1. The molecular formula is C24H22N6O2.